The van der Waals surface area contributed by atoms with Crippen LogP contribution in [0.15, 0.2) is 87.9 Å². The zero-order chi connectivity index (χ0) is 25.8. The third-order valence-corrected chi connectivity index (χ3v) is 5.88. The molecule has 188 valence electrons. The van der Waals surface area contributed by atoms with Crippen molar-refractivity contribution in [1.29, 1.82) is 0 Å². The van der Waals surface area contributed by atoms with Crippen LogP contribution in [0.2, 0.25) is 0 Å². The van der Waals surface area contributed by atoms with Crippen molar-refractivity contribution in [2.45, 2.75) is 26.1 Å². The molecule has 0 radical (unpaired) electrons. The molecule has 1 N–H and O–H groups in total. The van der Waals surface area contributed by atoms with Crippen LogP contribution >= 0.6 is 0 Å². The van der Waals surface area contributed by atoms with E-state index < -0.39 is 11.9 Å². The van der Waals surface area contributed by atoms with E-state index in [4.69, 9.17) is 13.6 Å². The molecule has 5 aromatic rings. The van der Waals surface area contributed by atoms with Crippen molar-refractivity contribution in [3.63, 3.8) is 0 Å². The van der Waals surface area contributed by atoms with Crippen molar-refractivity contribution in [2.75, 3.05) is 12.0 Å². The van der Waals surface area contributed by atoms with E-state index in [0.29, 0.717) is 39.8 Å². The molecule has 0 saturated heterocycles. The number of rotatable bonds is 9. The van der Waals surface area contributed by atoms with E-state index >= 15 is 0 Å². The predicted molar refractivity (Wildman–Crippen MR) is 135 cm³/mol. The minimum atomic E-state index is -1.10. The summed E-state index contributed by atoms with van der Waals surface area (Å²) >= 11 is 0. The number of benzene rings is 2. The van der Waals surface area contributed by atoms with Gasteiger partial charge in [-0.25, -0.2) is 4.68 Å². The molecule has 0 unspecified atom stereocenters. The van der Waals surface area contributed by atoms with Gasteiger partial charge >= 0.3 is 0 Å². The van der Waals surface area contributed by atoms with Crippen LogP contribution in [-0.4, -0.2) is 33.9 Å². The van der Waals surface area contributed by atoms with Crippen LogP contribution in [0.3, 0.4) is 0 Å². The lowest BCUT2D eigenvalue weighted by atomic mass is 10.1. The average Bonchev–Trinajstić information content (AvgIpc) is 3.68. The van der Waals surface area contributed by atoms with Gasteiger partial charge in [-0.05, 0) is 67.6 Å². The average molecular weight is 500 g/mol. The molecule has 10 heteroatoms. The van der Waals surface area contributed by atoms with Crippen molar-refractivity contribution in [1.82, 2.24) is 20.3 Å². The molecule has 1 atom stereocenters. The molecule has 0 fully saturated rings. The molecule has 10 nitrogen and oxygen atoms in total. The first-order chi connectivity index (χ1) is 18.0. The van der Waals surface area contributed by atoms with Crippen LogP contribution < -0.4 is 15.0 Å². The Hall–Kier alpha value is -4.86. The highest BCUT2D eigenvalue weighted by Crippen LogP contribution is 2.31. The van der Waals surface area contributed by atoms with Gasteiger partial charge < -0.3 is 18.9 Å². The zero-order valence-corrected chi connectivity index (χ0v) is 20.3. The number of nitrogens with zero attached hydrogens (tertiary/aromatic N) is 4. The van der Waals surface area contributed by atoms with Gasteiger partial charge in [-0.3, -0.25) is 14.5 Å². The number of hydrogen-bond donors (Lipinski definition) is 1. The number of anilines is 1. The highest BCUT2D eigenvalue weighted by molar-refractivity contribution is 6.01. The van der Waals surface area contributed by atoms with Gasteiger partial charge in [0.2, 0.25) is 5.91 Å². The topological polar surface area (TPSA) is 116 Å². The van der Waals surface area contributed by atoms with E-state index in [1.807, 2.05) is 24.3 Å². The summed E-state index contributed by atoms with van der Waals surface area (Å²) in [5.74, 6) is 1.32. The second-order valence-electron chi connectivity index (χ2n) is 8.35. The van der Waals surface area contributed by atoms with Gasteiger partial charge in [0.15, 0.2) is 6.04 Å². The molecule has 3 aromatic heterocycles. The van der Waals surface area contributed by atoms with Crippen molar-refractivity contribution in [2.24, 2.45) is 0 Å². The predicted octanol–water partition coefficient (Wildman–Crippen LogP) is 4.03. The Balaban J connectivity index is 1.54. The molecule has 0 aliphatic heterocycles. The SMILES string of the molecule is COc1ccc(N(C(=O)Cn2nnc3ccccc32)[C@H](C(=O)NCc2ccco2)c2ccc(C)o2)cc1. The third kappa shape index (κ3) is 5.08. The van der Waals surface area contributed by atoms with Crippen LogP contribution in [0, 0.1) is 6.92 Å². The zero-order valence-electron chi connectivity index (χ0n) is 20.3. The Morgan fingerprint density at radius 3 is 2.57 bits per heavy atom. The highest BCUT2D eigenvalue weighted by atomic mass is 16.5. The molecule has 0 spiro atoms. The summed E-state index contributed by atoms with van der Waals surface area (Å²) in [7, 11) is 1.56. The van der Waals surface area contributed by atoms with Gasteiger partial charge in [0.05, 0.1) is 25.4 Å². The summed E-state index contributed by atoms with van der Waals surface area (Å²) in [4.78, 5) is 29.0. The number of furan rings is 2. The number of ether oxygens (including phenoxy) is 1. The summed E-state index contributed by atoms with van der Waals surface area (Å²) in [5, 5.41) is 11.2. The number of nitrogens with one attached hydrogen (secondary N) is 1. The summed E-state index contributed by atoms with van der Waals surface area (Å²) < 4.78 is 18.0. The van der Waals surface area contributed by atoms with Gasteiger partial charge in [-0.15, -0.1) is 5.10 Å². The fourth-order valence-corrected chi connectivity index (χ4v) is 4.08. The molecule has 0 aliphatic carbocycles. The van der Waals surface area contributed by atoms with E-state index in [0.717, 1.165) is 0 Å². The molecule has 0 bridgehead atoms. The lowest BCUT2D eigenvalue weighted by molar-refractivity contribution is -0.127. The first-order valence-corrected chi connectivity index (χ1v) is 11.6. The Morgan fingerprint density at radius 2 is 1.86 bits per heavy atom. The Bertz CT molecular complexity index is 1500. The largest absolute Gasteiger partial charge is 0.497 e. The maximum atomic E-state index is 13.9. The number of carbonyl (C=O) groups is 2. The third-order valence-electron chi connectivity index (χ3n) is 5.88. The maximum Gasteiger partial charge on any atom is 0.251 e. The summed E-state index contributed by atoms with van der Waals surface area (Å²) in [6.45, 7) is 1.79. The van der Waals surface area contributed by atoms with Gasteiger partial charge in [0.25, 0.3) is 5.91 Å². The van der Waals surface area contributed by atoms with Crippen LogP contribution in [-0.2, 0) is 22.7 Å². The molecule has 5 rings (SSSR count). The van der Waals surface area contributed by atoms with E-state index in [1.165, 1.54) is 15.8 Å². The standard InChI is InChI=1S/C27H25N5O5/c1-18-9-14-24(37-18)26(27(34)28-16-21-6-5-15-36-21)32(19-10-12-20(35-2)13-11-19)25(33)17-31-23-8-4-3-7-22(23)29-30-31/h3-15,26H,16-17H2,1-2H3,(H,28,34)/t26-/m0/s1. The first kappa shape index (κ1) is 23.9. The molecular weight excluding hydrogens is 474 g/mol. The van der Waals surface area contributed by atoms with Crippen LogP contribution in [0.25, 0.3) is 11.0 Å². The molecule has 37 heavy (non-hydrogen) atoms. The number of amides is 2. The van der Waals surface area contributed by atoms with E-state index in [9.17, 15) is 9.59 Å². The Morgan fingerprint density at radius 1 is 1.05 bits per heavy atom. The lowest BCUT2D eigenvalue weighted by Gasteiger charge is -2.30. The van der Waals surface area contributed by atoms with E-state index in [2.05, 4.69) is 15.6 Å². The van der Waals surface area contributed by atoms with Gasteiger partial charge in [-0.1, -0.05) is 17.3 Å². The minimum Gasteiger partial charge on any atom is -0.497 e. The second-order valence-corrected chi connectivity index (χ2v) is 8.35. The molecule has 0 saturated carbocycles. The normalized spacial score (nSPS) is 11.8. The number of carbonyl (C=O) groups excluding carboxylic acids is 2. The summed E-state index contributed by atoms with van der Waals surface area (Å²) in [5.41, 5.74) is 1.86. The van der Waals surface area contributed by atoms with Gasteiger partial charge in [0, 0.05) is 5.69 Å². The molecule has 2 amide bonds. The molecular formula is C27H25N5O5. The van der Waals surface area contributed by atoms with Crippen molar-refractivity contribution < 1.29 is 23.2 Å². The van der Waals surface area contributed by atoms with E-state index in [1.54, 1.807) is 62.6 Å². The summed E-state index contributed by atoms with van der Waals surface area (Å²) in [6.07, 6.45) is 1.53. The monoisotopic (exact) mass is 499 g/mol. The fraction of sp³-hybridized carbons (Fsp3) is 0.185. The van der Waals surface area contributed by atoms with Crippen molar-refractivity contribution >= 4 is 28.5 Å². The van der Waals surface area contributed by atoms with Crippen LogP contribution in [0.5, 0.6) is 5.75 Å². The maximum absolute atomic E-state index is 13.9. The van der Waals surface area contributed by atoms with Gasteiger partial charge in [0.1, 0.15) is 35.1 Å². The van der Waals surface area contributed by atoms with Crippen LogP contribution in [0.4, 0.5) is 5.69 Å². The highest BCUT2D eigenvalue weighted by Gasteiger charge is 2.35. The van der Waals surface area contributed by atoms with Crippen LogP contribution in [0.1, 0.15) is 23.3 Å². The number of para-hydroxylation sites is 1. The Labute approximate surface area is 212 Å². The fourth-order valence-electron chi connectivity index (χ4n) is 4.08. The quantitative estimate of drug-likeness (QED) is 0.326. The van der Waals surface area contributed by atoms with Gasteiger partial charge in [-0.2, -0.15) is 0 Å². The van der Waals surface area contributed by atoms with Crippen molar-refractivity contribution in [3.8, 4) is 5.75 Å². The number of fused-ring (bicyclic) bond motifs is 1. The molecule has 0 aliphatic rings. The first-order valence-electron chi connectivity index (χ1n) is 11.6. The Kier molecular flexibility index (Phi) is 6.71. The molecule has 3 heterocycles. The number of aromatic nitrogens is 3. The van der Waals surface area contributed by atoms with Crippen molar-refractivity contribution in [3.05, 3.63) is 96.3 Å². The lowest BCUT2D eigenvalue weighted by Crippen LogP contribution is -2.45. The number of hydrogen-bond acceptors (Lipinski definition) is 7. The van der Waals surface area contributed by atoms with E-state index in [-0.39, 0.29) is 19.0 Å². The number of aryl methyl sites for hydroxylation is 1. The smallest absolute Gasteiger partial charge is 0.251 e. The second kappa shape index (κ2) is 10.4. The summed E-state index contributed by atoms with van der Waals surface area (Å²) in [6, 6.07) is 20.1. The molecule has 2 aromatic carbocycles. The number of methoxy groups -OCH3 is 1. The minimum absolute atomic E-state index is 0.145.